The summed E-state index contributed by atoms with van der Waals surface area (Å²) in [4.78, 5) is 26.2. The molecule has 0 bridgehead atoms. The number of aryl methyl sites for hydroxylation is 2. The molecule has 1 aromatic heterocycles. The van der Waals surface area contributed by atoms with E-state index in [1.54, 1.807) is 6.26 Å². The number of rotatable bonds is 5. The number of nitrogens with zero attached hydrogens (tertiary/aromatic N) is 1. The average Bonchev–Trinajstić information content (AvgIpc) is 3.30. The van der Waals surface area contributed by atoms with Crippen molar-refractivity contribution < 1.29 is 14.0 Å². The molecule has 28 heavy (non-hydrogen) atoms. The minimum atomic E-state index is -0.0522. The van der Waals surface area contributed by atoms with Gasteiger partial charge < -0.3 is 14.6 Å². The van der Waals surface area contributed by atoms with E-state index in [1.165, 1.54) is 5.56 Å². The van der Waals surface area contributed by atoms with Gasteiger partial charge in [0.1, 0.15) is 5.58 Å². The first-order chi connectivity index (χ1) is 13.5. The van der Waals surface area contributed by atoms with Crippen LogP contribution in [0.15, 0.2) is 47.1 Å². The van der Waals surface area contributed by atoms with Gasteiger partial charge in [0.05, 0.1) is 12.7 Å². The first-order valence-corrected chi connectivity index (χ1v) is 9.65. The highest BCUT2D eigenvalue weighted by atomic mass is 16.3. The molecule has 3 aromatic rings. The van der Waals surface area contributed by atoms with Crippen LogP contribution in [0.3, 0.4) is 0 Å². The zero-order chi connectivity index (χ0) is 19.7. The largest absolute Gasteiger partial charge is 0.464 e. The molecule has 144 valence electrons. The highest BCUT2D eigenvalue weighted by molar-refractivity contribution is 5.95. The van der Waals surface area contributed by atoms with Gasteiger partial charge in [-0.05, 0) is 49.1 Å². The monoisotopic (exact) mass is 376 g/mol. The van der Waals surface area contributed by atoms with E-state index in [2.05, 4.69) is 11.4 Å². The Bertz CT molecular complexity index is 1050. The Balaban J connectivity index is 1.41. The molecule has 0 atom stereocenters. The lowest BCUT2D eigenvalue weighted by molar-refractivity contribution is -0.120. The van der Waals surface area contributed by atoms with E-state index in [1.807, 2.05) is 49.1 Å². The Kier molecular flexibility index (Phi) is 4.90. The molecule has 1 N–H and O–H groups in total. The van der Waals surface area contributed by atoms with Crippen molar-refractivity contribution in [1.29, 1.82) is 0 Å². The summed E-state index contributed by atoms with van der Waals surface area (Å²) in [6, 6.07) is 11.9. The SMILES string of the molecule is Cc1ccc2c(CC(=O)NCc3cccc(N4CCCC4=O)c3)coc2c1C. The van der Waals surface area contributed by atoms with Gasteiger partial charge >= 0.3 is 0 Å². The van der Waals surface area contributed by atoms with Gasteiger partial charge in [-0.1, -0.05) is 24.3 Å². The molecule has 2 aromatic carbocycles. The molecule has 1 aliphatic heterocycles. The molecule has 0 spiro atoms. The second-order valence-corrected chi connectivity index (χ2v) is 7.42. The van der Waals surface area contributed by atoms with Crippen LogP contribution in [0, 0.1) is 13.8 Å². The Labute approximate surface area is 164 Å². The van der Waals surface area contributed by atoms with Crippen LogP contribution in [-0.2, 0) is 22.6 Å². The van der Waals surface area contributed by atoms with Gasteiger partial charge in [-0.3, -0.25) is 9.59 Å². The second kappa shape index (κ2) is 7.50. The summed E-state index contributed by atoms with van der Waals surface area (Å²) in [6.07, 6.45) is 3.46. The van der Waals surface area contributed by atoms with Crippen LogP contribution in [0.5, 0.6) is 0 Å². The molecule has 5 heteroatoms. The lowest BCUT2D eigenvalue weighted by Crippen LogP contribution is -2.25. The van der Waals surface area contributed by atoms with Crippen LogP contribution >= 0.6 is 0 Å². The first kappa shape index (κ1) is 18.3. The Morgan fingerprint density at radius 2 is 2.07 bits per heavy atom. The third-order valence-electron chi connectivity index (χ3n) is 5.48. The lowest BCUT2D eigenvalue weighted by Gasteiger charge is -2.16. The van der Waals surface area contributed by atoms with E-state index in [-0.39, 0.29) is 18.2 Å². The summed E-state index contributed by atoms with van der Waals surface area (Å²) < 4.78 is 5.69. The molecule has 1 aliphatic rings. The average molecular weight is 376 g/mol. The van der Waals surface area contributed by atoms with Crippen molar-refractivity contribution in [1.82, 2.24) is 5.32 Å². The Hall–Kier alpha value is -3.08. The predicted molar refractivity (Wildman–Crippen MR) is 109 cm³/mol. The van der Waals surface area contributed by atoms with Crippen molar-refractivity contribution >= 4 is 28.5 Å². The Morgan fingerprint density at radius 1 is 1.21 bits per heavy atom. The molecule has 2 amide bonds. The third-order valence-corrected chi connectivity index (χ3v) is 5.48. The molecule has 1 fully saturated rings. The van der Waals surface area contributed by atoms with Gasteiger partial charge in [0.25, 0.3) is 0 Å². The number of fused-ring (bicyclic) bond motifs is 1. The number of amides is 2. The van der Waals surface area contributed by atoms with Gasteiger partial charge in [-0.25, -0.2) is 0 Å². The van der Waals surface area contributed by atoms with E-state index in [4.69, 9.17) is 4.42 Å². The van der Waals surface area contributed by atoms with Gasteiger partial charge in [-0.2, -0.15) is 0 Å². The summed E-state index contributed by atoms with van der Waals surface area (Å²) >= 11 is 0. The number of benzene rings is 2. The number of hydrogen-bond donors (Lipinski definition) is 1. The highest BCUT2D eigenvalue weighted by Gasteiger charge is 2.21. The topological polar surface area (TPSA) is 62.6 Å². The smallest absolute Gasteiger partial charge is 0.227 e. The van der Waals surface area contributed by atoms with Crippen molar-refractivity contribution in [3.63, 3.8) is 0 Å². The number of furan rings is 1. The number of anilines is 1. The molecular weight excluding hydrogens is 352 g/mol. The number of carbonyl (C=O) groups is 2. The van der Waals surface area contributed by atoms with Crippen molar-refractivity contribution in [3.05, 3.63) is 64.9 Å². The fourth-order valence-corrected chi connectivity index (χ4v) is 3.72. The second-order valence-electron chi connectivity index (χ2n) is 7.42. The van der Waals surface area contributed by atoms with E-state index in [9.17, 15) is 9.59 Å². The van der Waals surface area contributed by atoms with Crippen LogP contribution in [0.25, 0.3) is 11.0 Å². The van der Waals surface area contributed by atoms with Gasteiger partial charge in [0, 0.05) is 36.1 Å². The van der Waals surface area contributed by atoms with E-state index in [0.29, 0.717) is 13.0 Å². The van der Waals surface area contributed by atoms with Crippen LogP contribution in [-0.4, -0.2) is 18.4 Å². The van der Waals surface area contributed by atoms with Crippen molar-refractivity contribution in [3.8, 4) is 0 Å². The summed E-state index contributed by atoms with van der Waals surface area (Å²) in [6.45, 7) is 5.28. The number of nitrogens with one attached hydrogen (secondary N) is 1. The van der Waals surface area contributed by atoms with Crippen molar-refractivity contribution in [2.45, 2.75) is 39.7 Å². The van der Waals surface area contributed by atoms with Gasteiger partial charge in [-0.15, -0.1) is 0 Å². The predicted octanol–water partition coefficient (Wildman–Crippen LogP) is 4.04. The minimum Gasteiger partial charge on any atom is -0.464 e. The summed E-state index contributed by atoms with van der Waals surface area (Å²) in [7, 11) is 0. The van der Waals surface area contributed by atoms with E-state index in [0.717, 1.165) is 46.3 Å². The molecular formula is C23H24N2O3. The highest BCUT2D eigenvalue weighted by Crippen LogP contribution is 2.27. The minimum absolute atomic E-state index is 0.0522. The fraction of sp³-hybridized carbons (Fsp3) is 0.304. The molecule has 1 saturated heterocycles. The van der Waals surface area contributed by atoms with Crippen LogP contribution in [0.2, 0.25) is 0 Å². The fourth-order valence-electron chi connectivity index (χ4n) is 3.72. The van der Waals surface area contributed by atoms with E-state index < -0.39 is 0 Å². The lowest BCUT2D eigenvalue weighted by atomic mass is 10.0. The standard InChI is InChI=1S/C23H24N2O3/c1-15-8-9-20-18(14-28-23(20)16(15)2)12-21(26)24-13-17-5-3-6-19(11-17)25-10-4-7-22(25)27/h3,5-6,8-9,11,14H,4,7,10,12-13H2,1-2H3,(H,24,26). The quantitative estimate of drug-likeness (QED) is 0.731. The molecule has 5 nitrogen and oxygen atoms in total. The maximum absolute atomic E-state index is 12.5. The van der Waals surface area contributed by atoms with Crippen molar-refractivity contribution in [2.75, 3.05) is 11.4 Å². The van der Waals surface area contributed by atoms with Crippen LogP contribution in [0.1, 0.15) is 35.1 Å². The molecule has 2 heterocycles. The molecule has 0 radical (unpaired) electrons. The first-order valence-electron chi connectivity index (χ1n) is 9.65. The maximum atomic E-state index is 12.5. The van der Waals surface area contributed by atoms with Crippen LogP contribution < -0.4 is 10.2 Å². The molecule has 0 aliphatic carbocycles. The zero-order valence-corrected chi connectivity index (χ0v) is 16.2. The molecule has 0 saturated carbocycles. The zero-order valence-electron chi connectivity index (χ0n) is 16.2. The number of hydrogen-bond acceptors (Lipinski definition) is 3. The third kappa shape index (κ3) is 3.52. The maximum Gasteiger partial charge on any atom is 0.227 e. The van der Waals surface area contributed by atoms with Gasteiger partial charge in [0.2, 0.25) is 11.8 Å². The molecule has 0 unspecified atom stereocenters. The summed E-state index contributed by atoms with van der Waals surface area (Å²) in [5, 5.41) is 3.97. The van der Waals surface area contributed by atoms with Crippen molar-refractivity contribution in [2.24, 2.45) is 0 Å². The Morgan fingerprint density at radius 3 is 2.86 bits per heavy atom. The normalized spacial score (nSPS) is 14.1. The number of carbonyl (C=O) groups excluding carboxylic acids is 2. The summed E-state index contributed by atoms with van der Waals surface area (Å²) in [5.74, 6) is 0.113. The summed E-state index contributed by atoms with van der Waals surface area (Å²) in [5.41, 5.74) is 5.92. The van der Waals surface area contributed by atoms with Gasteiger partial charge in [0.15, 0.2) is 0 Å². The van der Waals surface area contributed by atoms with E-state index >= 15 is 0 Å². The molecule has 4 rings (SSSR count). The van der Waals surface area contributed by atoms with Crippen LogP contribution in [0.4, 0.5) is 5.69 Å².